The van der Waals surface area contributed by atoms with Crippen molar-refractivity contribution in [1.82, 2.24) is 4.98 Å². The minimum atomic E-state index is 1.02. The number of hydrogen-bond acceptors (Lipinski definition) is 2. The molecule has 0 aliphatic carbocycles. The van der Waals surface area contributed by atoms with E-state index in [-0.39, 0.29) is 0 Å². The standard InChI is InChI=1S/C10H16NO/c1-3-5-7-10-9(6-4-2)11-8-12-10/h3-7H2,1-2H3. The fourth-order valence-corrected chi connectivity index (χ4v) is 1.22. The van der Waals surface area contributed by atoms with Crippen LogP contribution in [0.25, 0.3) is 0 Å². The summed E-state index contributed by atoms with van der Waals surface area (Å²) < 4.78 is 5.18. The van der Waals surface area contributed by atoms with Crippen LogP contribution in [0.4, 0.5) is 0 Å². The fraction of sp³-hybridized carbons (Fsp3) is 0.700. The Morgan fingerprint density at radius 1 is 1.25 bits per heavy atom. The Hall–Kier alpha value is -0.790. The second-order valence-corrected chi connectivity index (χ2v) is 3.03. The van der Waals surface area contributed by atoms with E-state index in [2.05, 4.69) is 25.2 Å². The molecule has 0 spiro atoms. The second kappa shape index (κ2) is 4.96. The van der Waals surface area contributed by atoms with E-state index in [1.807, 2.05) is 0 Å². The lowest BCUT2D eigenvalue weighted by molar-refractivity contribution is 0.484. The first-order chi connectivity index (χ1) is 5.88. The van der Waals surface area contributed by atoms with Gasteiger partial charge in [-0.3, -0.25) is 0 Å². The number of rotatable bonds is 5. The van der Waals surface area contributed by atoms with Crippen molar-refractivity contribution in [3.05, 3.63) is 17.8 Å². The fourth-order valence-electron chi connectivity index (χ4n) is 1.22. The van der Waals surface area contributed by atoms with Crippen molar-refractivity contribution in [2.45, 2.75) is 46.0 Å². The molecule has 67 valence electrons. The van der Waals surface area contributed by atoms with Crippen molar-refractivity contribution in [2.24, 2.45) is 0 Å². The van der Waals surface area contributed by atoms with Crippen molar-refractivity contribution in [3.63, 3.8) is 0 Å². The van der Waals surface area contributed by atoms with Crippen LogP contribution in [0.15, 0.2) is 4.42 Å². The van der Waals surface area contributed by atoms with Gasteiger partial charge in [-0.2, -0.15) is 0 Å². The Labute approximate surface area is 74.0 Å². The molecule has 0 atom stereocenters. The van der Waals surface area contributed by atoms with Gasteiger partial charge in [-0.1, -0.05) is 26.7 Å². The third kappa shape index (κ3) is 2.36. The lowest BCUT2D eigenvalue weighted by Gasteiger charge is -1.96. The maximum absolute atomic E-state index is 5.18. The Kier molecular flexibility index (Phi) is 3.85. The zero-order chi connectivity index (χ0) is 8.81. The molecule has 0 N–H and O–H groups in total. The highest BCUT2D eigenvalue weighted by Gasteiger charge is 2.06. The van der Waals surface area contributed by atoms with Crippen molar-refractivity contribution in [3.8, 4) is 0 Å². The molecule has 1 aromatic rings. The Morgan fingerprint density at radius 3 is 2.75 bits per heavy atom. The quantitative estimate of drug-likeness (QED) is 0.672. The highest BCUT2D eigenvalue weighted by molar-refractivity contribution is 5.06. The van der Waals surface area contributed by atoms with E-state index in [9.17, 15) is 0 Å². The molecule has 0 amide bonds. The molecule has 0 aliphatic heterocycles. The number of unbranched alkanes of at least 4 members (excludes halogenated alkanes) is 1. The van der Waals surface area contributed by atoms with Gasteiger partial charge in [-0.25, -0.2) is 4.98 Å². The van der Waals surface area contributed by atoms with Crippen LogP contribution in [0.1, 0.15) is 44.6 Å². The van der Waals surface area contributed by atoms with Crippen LogP contribution in [0, 0.1) is 6.39 Å². The van der Waals surface area contributed by atoms with Gasteiger partial charge in [-0.05, 0) is 12.8 Å². The van der Waals surface area contributed by atoms with Crippen molar-refractivity contribution < 1.29 is 4.42 Å². The van der Waals surface area contributed by atoms with Crippen LogP contribution in [-0.4, -0.2) is 4.98 Å². The van der Waals surface area contributed by atoms with Crippen LogP contribution in [0.5, 0.6) is 0 Å². The van der Waals surface area contributed by atoms with Crippen LogP contribution in [-0.2, 0) is 12.8 Å². The lowest BCUT2D eigenvalue weighted by Crippen LogP contribution is -1.91. The Morgan fingerprint density at radius 2 is 2.08 bits per heavy atom. The highest BCUT2D eigenvalue weighted by atomic mass is 16.3. The first-order valence-corrected chi connectivity index (χ1v) is 4.73. The predicted octanol–water partition coefficient (Wildman–Crippen LogP) is 2.77. The van der Waals surface area contributed by atoms with E-state index < -0.39 is 0 Å². The largest absolute Gasteiger partial charge is 0.437 e. The number of nitrogens with zero attached hydrogens (tertiary/aromatic N) is 1. The molecule has 0 saturated heterocycles. The second-order valence-electron chi connectivity index (χ2n) is 3.03. The van der Waals surface area contributed by atoms with Gasteiger partial charge >= 0.3 is 0 Å². The summed E-state index contributed by atoms with van der Waals surface area (Å²) in [6.07, 6.45) is 8.11. The zero-order valence-electron chi connectivity index (χ0n) is 7.89. The zero-order valence-corrected chi connectivity index (χ0v) is 7.89. The molecule has 0 aromatic carbocycles. The van der Waals surface area contributed by atoms with Gasteiger partial charge < -0.3 is 4.42 Å². The summed E-state index contributed by atoms with van der Waals surface area (Å²) in [5, 5.41) is 0. The van der Waals surface area contributed by atoms with E-state index in [0.717, 1.165) is 30.7 Å². The average molecular weight is 166 g/mol. The van der Waals surface area contributed by atoms with Crippen LogP contribution in [0.2, 0.25) is 0 Å². The molecular formula is C10H16NO. The van der Waals surface area contributed by atoms with Crippen LogP contribution >= 0.6 is 0 Å². The van der Waals surface area contributed by atoms with E-state index in [0.29, 0.717) is 0 Å². The molecule has 0 saturated carbocycles. The number of hydrogen-bond donors (Lipinski definition) is 0. The SMILES string of the molecule is CCCCc1o[c]nc1CCC. The third-order valence-corrected chi connectivity index (χ3v) is 1.92. The first-order valence-electron chi connectivity index (χ1n) is 4.73. The van der Waals surface area contributed by atoms with Crippen molar-refractivity contribution in [2.75, 3.05) is 0 Å². The van der Waals surface area contributed by atoms with Crippen LogP contribution < -0.4 is 0 Å². The molecule has 1 heterocycles. The smallest absolute Gasteiger partial charge is 0.284 e. The highest BCUT2D eigenvalue weighted by Crippen LogP contribution is 2.11. The van der Waals surface area contributed by atoms with Gasteiger partial charge in [0.1, 0.15) is 5.76 Å². The van der Waals surface area contributed by atoms with Gasteiger partial charge in [0, 0.05) is 6.42 Å². The Bertz CT molecular complexity index is 217. The molecule has 1 radical (unpaired) electrons. The minimum Gasteiger partial charge on any atom is -0.437 e. The molecule has 2 nitrogen and oxygen atoms in total. The van der Waals surface area contributed by atoms with Crippen molar-refractivity contribution in [1.29, 1.82) is 0 Å². The van der Waals surface area contributed by atoms with Gasteiger partial charge in [-0.15, -0.1) is 0 Å². The van der Waals surface area contributed by atoms with Gasteiger partial charge in [0.05, 0.1) is 5.69 Å². The summed E-state index contributed by atoms with van der Waals surface area (Å²) in [6, 6.07) is 0. The third-order valence-electron chi connectivity index (χ3n) is 1.92. The maximum atomic E-state index is 5.18. The molecule has 0 unspecified atom stereocenters. The number of aryl methyl sites for hydroxylation is 2. The molecule has 0 bridgehead atoms. The van der Waals surface area contributed by atoms with Gasteiger partial charge in [0.25, 0.3) is 6.39 Å². The predicted molar refractivity (Wildman–Crippen MR) is 47.9 cm³/mol. The number of oxazole rings is 1. The molecule has 0 aliphatic rings. The summed E-state index contributed by atoms with van der Waals surface area (Å²) >= 11 is 0. The first kappa shape index (κ1) is 9.30. The van der Waals surface area contributed by atoms with Crippen molar-refractivity contribution >= 4 is 0 Å². The summed E-state index contributed by atoms with van der Waals surface area (Å²) in [4.78, 5) is 4.07. The van der Waals surface area contributed by atoms with E-state index in [4.69, 9.17) is 4.42 Å². The summed E-state index contributed by atoms with van der Waals surface area (Å²) in [6.45, 7) is 4.33. The summed E-state index contributed by atoms with van der Waals surface area (Å²) in [5.41, 5.74) is 1.10. The normalized spacial score (nSPS) is 10.5. The van der Waals surface area contributed by atoms with E-state index in [1.54, 1.807) is 0 Å². The van der Waals surface area contributed by atoms with Gasteiger partial charge in [0.2, 0.25) is 0 Å². The van der Waals surface area contributed by atoms with Gasteiger partial charge in [0.15, 0.2) is 0 Å². The molecule has 1 aromatic heterocycles. The Balaban J connectivity index is 2.51. The molecule has 1 rings (SSSR count). The summed E-state index contributed by atoms with van der Waals surface area (Å²) in [5.74, 6) is 1.04. The van der Waals surface area contributed by atoms with Crippen LogP contribution in [0.3, 0.4) is 0 Å². The van der Waals surface area contributed by atoms with E-state index >= 15 is 0 Å². The molecule has 2 heteroatoms. The molecular weight excluding hydrogens is 150 g/mol. The monoisotopic (exact) mass is 166 g/mol. The summed E-state index contributed by atoms with van der Waals surface area (Å²) in [7, 11) is 0. The van der Waals surface area contributed by atoms with E-state index in [1.165, 1.54) is 12.8 Å². The molecule has 0 fully saturated rings. The minimum absolute atomic E-state index is 1.02. The lowest BCUT2D eigenvalue weighted by atomic mass is 10.1. The average Bonchev–Trinajstić information content (AvgIpc) is 2.50. The topological polar surface area (TPSA) is 26.0 Å². The maximum Gasteiger partial charge on any atom is 0.284 e. The molecule has 12 heavy (non-hydrogen) atoms. The number of aromatic nitrogens is 1.